The molecule has 0 aromatic heterocycles. The Labute approximate surface area is 146 Å². The van der Waals surface area contributed by atoms with Crippen LogP contribution in [0.4, 0.5) is 0 Å². The van der Waals surface area contributed by atoms with Gasteiger partial charge in [-0.15, -0.1) is 5.56 Å². The van der Waals surface area contributed by atoms with Crippen molar-refractivity contribution in [3.63, 3.8) is 0 Å². The summed E-state index contributed by atoms with van der Waals surface area (Å²) >= 11 is 3.70. The minimum absolute atomic E-state index is 0. The second-order valence-electron chi connectivity index (χ2n) is 4.20. The molecule has 2 rings (SSSR count). The number of rotatable bonds is 2. The van der Waals surface area contributed by atoms with Gasteiger partial charge in [0.2, 0.25) is 0 Å². The van der Waals surface area contributed by atoms with Crippen molar-refractivity contribution in [2.45, 2.75) is 13.0 Å². The normalized spacial score (nSPS) is 9.71. The van der Waals surface area contributed by atoms with E-state index in [4.69, 9.17) is 5.41 Å². The maximum Gasteiger partial charge on any atom is 0.00885 e. The Morgan fingerprint density at radius 3 is 1.76 bits per heavy atom. The van der Waals surface area contributed by atoms with E-state index < -0.39 is 0 Å². The molecule has 2 aromatic carbocycles. The Bertz CT molecular complexity index is 442. The molecule has 1 unspecified atom stereocenters. The van der Waals surface area contributed by atoms with Crippen LogP contribution in [0.15, 0.2) is 60.7 Å². The topological polar surface area (TPSA) is 25.5 Å². The Morgan fingerprint density at radius 1 is 1.05 bits per heavy atom. The van der Waals surface area contributed by atoms with Gasteiger partial charge in [0.1, 0.15) is 0 Å². The monoisotopic (exact) mass is 386 g/mol. The first-order chi connectivity index (χ1) is 9.63. The Hall–Kier alpha value is -1.18. The van der Waals surface area contributed by atoms with E-state index in [0.717, 1.165) is 0 Å². The molecule has 0 aliphatic rings. The zero-order chi connectivity index (χ0) is 15.2. The van der Waals surface area contributed by atoms with E-state index in [-0.39, 0.29) is 19.5 Å². The molecular formula is C17H20N2RuS-2. The third kappa shape index (κ3) is 12.3. The molecule has 0 bridgehead atoms. The first-order valence-corrected chi connectivity index (χ1v) is 6.68. The van der Waals surface area contributed by atoms with Crippen LogP contribution in [-0.2, 0) is 19.5 Å². The molecule has 2 nitrogen and oxygen atoms in total. The van der Waals surface area contributed by atoms with Gasteiger partial charge in [-0.1, -0.05) is 48.6 Å². The average Bonchev–Trinajstić information content (AvgIpc) is 2.50. The molecule has 0 spiro atoms. The predicted octanol–water partition coefficient (Wildman–Crippen LogP) is 4.45. The Kier molecular flexibility index (Phi) is 16.0. The van der Waals surface area contributed by atoms with Crippen molar-refractivity contribution in [3.8, 4) is 0 Å². The number of benzene rings is 2. The molecule has 21 heavy (non-hydrogen) atoms. The van der Waals surface area contributed by atoms with Crippen LogP contribution in [0.3, 0.4) is 0 Å². The fraction of sp³-hybridized carbons (Fsp3) is 0.235. The van der Waals surface area contributed by atoms with Crippen LogP contribution in [0.25, 0.3) is 5.41 Å². The van der Waals surface area contributed by atoms with E-state index in [1.54, 1.807) is 0 Å². The average molecular weight is 385 g/mol. The van der Waals surface area contributed by atoms with Crippen molar-refractivity contribution in [1.82, 2.24) is 4.90 Å². The molecule has 0 amide bonds. The van der Waals surface area contributed by atoms with Crippen LogP contribution in [0.2, 0.25) is 0 Å². The summed E-state index contributed by atoms with van der Waals surface area (Å²) < 4.78 is 0. The summed E-state index contributed by atoms with van der Waals surface area (Å²) in [6.45, 7) is 2.17. The maximum absolute atomic E-state index is 7.13. The molecular weight excluding hydrogens is 365 g/mol. The van der Waals surface area contributed by atoms with Gasteiger partial charge >= 0.3 is 0 Å². The molecule has 114 valence electrons. The second-order valence-corrected chi connectivity index (χ2v) is 4.39. The summed E-state index contributed by atoms with van der Waals surface area (Å²) in [4.78, 5) is 2.17. The zero-order valence-electron chi connectivity index (χ0n) is 12.5. The van der Waals surface area contributed by atoms with E-state index in [2.05, 4.69) is 50.3 Å². The van der Waals surface area contributed by atoms with Crippen LogP contribution in [0.5, 0.6) is 0 Å². The van der Waals surface area contributed by atoms with Gasteiger partial charge in [-0.05, 0) is 21.0 Å². The molecule has 0 aliphatic heterocycles. The predicted molar refractivity (Wildman–Crippen MR) is 89.8 cm³/mol. The summed E-state index contributed by atoms with van der Waals surface area (Å²) in [7, 11) is 4.15. The minimum atomic E-state index is 0. The van der Waals surface area contributed by atoms with Crippen LogP contribution in [0.1, 0.15) is 18.5 Å². The number of hydrogen-bond acceptors (Lipinski definition) is 2. The van der Waals surface area contributed by atoms with Gasteiger partial charge in [-0.25, -0.2) is 0 Å². The number of isothiocyanates is 1. The van der Waals surface area contributed by atoms with E-state index in [1.807, 2.05) is 54.6 Å². The van der Waals surface area contributed by atoms with Crippen molar-refractivity contribution < 1.29 is 19.5 Å². The van der Waals surface area contributed by atoms with Gasteiger partial charge in [0.05, 0.1) is 0 Å². The van der Waals surface area contributed by atoms with Crippen molar-refractivity contribution in [3.05, 3.63) is 77.7 Å². The SMILES string of the molecule is CC(c1[c-]cccc1)N(C)C.[N-]=C=S.[Ru].c1ccccc1. The second kappa shape index (κ2) is 15.2. The van der Waals surface area contributed by atoms with Gasteiger partial charge in [0, 0.05) is 25.5 Å². The quantitative estimate of drug-likeness (QED) is 0.330. The third-order valence-corrected chi connectivity index (χ3v) is 2.62. The molecule has 2 aromatic rings. The van der Waals surface area contributed by atoms with Crippen molar-refractivity contribution in [1.29, 1.82) is 0 Å². The number of nitrogens with zero attached hydrogens (tertiary/aromatic N) is 2. The third-order valence-electron chi connectivity index (χ3n) is 2.62. The van der Waals surface area contributed by atoms with E-state index in [1.165, 1.54) is 10.7 Å². The number of hydrogen-bond donors (Lipinski definition) is 0. The molecule has 0 fully saturated rings. The largest absolute Gasteiger partial charge is 0.753 e. The first-order valence-electron chi connectivity index (χ1n) is 6.27. The summed E-state index contributed by atoms with van der Waals surface area (Å²) in [5.41, 5.74) is 1.25. The summed E-state index contributed by atoms with van der Waals surface area (Å²) in [6.07, 6.45) is 0. The van der Waals surface area contributed by atoms with Gasteiger partial charge in [0.15, 0.2) is 0 Å². The molecule has 1 atom stereocenters. The van der Waals surface area contributed by atoms with E-state index in [0.29, 0.717) is 6.04 Å². The number of thiocarbonyl (C=S) groups is 1. The van der Waals surface area contributed by atoms with Crippen LogP contribution >= 0.6 is 12.2 Å². The van der Waals surface area contributed by atoms with Crippen LogP contribution < -0.4 is 0 Å². The van der Waals surface area contributed by atoms with Crippen LogP contribution in [-0.4, -0.2) is 24.2 Å². The van der Waals surface area contributed by atoms with Gasteiger partial charge in [-0.3, -0.25) is 0 Å². The van der Waals surface area contributed by atoms with E-state index >= 15 is 0 Å². The molecule has 0 heterocycles. The van der Waals surface area contributed by atoms with Crippen molar-refractivity contribution in [2.75, 3.05) is 14.1 Å². The molecule has 4 heteroatoms. The Balaban J connectivity index is 0. The standard InChI is InChI=1S/C10H14N.C6H6.CNS.Ru/c1-9(11(2)3)10-7-5-4-6-8-10;1-2-4-6-5-3-1;2-1-3;/h4-7,9H,1-3H3;1-6H;;/q-1;;-1;. The molecule has 0 saturated carbocycles. The van der Waals surface area contributed by atoms with Crippen molar-refractivity contribution in [2.24, 2.45) is 0 Å². The van der Waals surface area contributed by atoms with Crippen molar-refractivity contribution >= 4 is 17.4 Å². The zero-order valence-corrected chi connectivity index (χ0v) is 15.1. The maximum atomic E-state index is 7.13. The molecule has 0 N–H and O–H groups in total. The van der Waals surface area contributed by atoms with Gasteiger partial charge < -0.3 is 10.3 Å². The van der Waals surface area contributed by atoms with E-state index in [9.17, 15) is 0 Å². The summed E-state index contributed by atoms with van der Waals surface area (Å²) in [5, 5.41) is 8.47. The fourth-order valence-electron chi connectivity index (χ4n) is 1.33. The minimum Gasteiger partial charge on any atom is -0.753 e. The summed E-state index contributed by atoms with van der Waals surface area (Å²) in [5.74, 6) is 0. The van der Waals surface area contributed by atoms with Gasteiger partial charge in [0.25, 0.3) is 0 Å². The molecule has 0 aliphatic carbocycles. The molecule has 0 saturated heterocycles. The van der Waals surface area contributed by atoms with Crippen LogP contribution in [0, 0.1) is 6.07 Å². The first kappa shape index (κ1) is 22.1. The molecule has 0 radical (unpaired) electrons. The smallest absolute Gasteiger partial charge is 0.00885 e. The summed E-state index contributed by atoms with van der Waals surface area (Å²) in [6, 6.07) is 23.8. The fourth-order valence-corrected chi connectivity index (χ4v) is 1.33. The van der Waals surface area contributed by atoms with Gasteiger partial charge in [-0.2, -0.15) is 35.5 Å². The Morgan fingerprint density at radius 2 is 1.48 bits per heavy atom.